The summed E-state index contributed by atoms with van der Waals surface area (Å²) in [4.78, 5) is 14.0. The number of benzene rings is 5. The third kappa shape index (κ3) is 6.20. The molecule has 0 atom stereocenters. The molecule has 5 nitrogen and oxygen atoms in total. The average Bonchev–Trinajstić information content (AvgIpc) is 3.72. The standard InChI is InChI=1S/C32H22N3O.C11H8N.Ir/c1-20-18-28-30(21(2)33-20)34-32(35(28)24-12-7-4-8-13-24)27-15-9-14-26-25-17-16-23(19-29(25)36-31(26)27)22-10-5-3-6-11-22;1-2-6-10(7-3-1)11-8-4-5-9-12-11;/h3-14,16-19H,1-2H3;1-6,8-9H;/q2*-1;. The van der Waals surface area contributed by atoms with Gasteiger partial charge in [-0.1, -0.05) is 83.7 Å². The minimum atomic E-state index is 0. The number of aromatic nitrogens is 4. The first-order valence-electron chi connectivity index (χ1n) is 15.9. The molecule has 6 heteroatoms. The molecule has 0 spiro atoms. The number of hydrogen-bond donors (Lipinski definition) is 0. The van der Waals surface area contributed by atoms with Gasteiger partial charge in [0.05, 0.1) is 28.1 Å². The predicted molar refractivity (Wildman–Crippen MR) is 194 cm³/mol. The summed E-state index contributed by atoms with van der Waals surface area (Å²) in [5, 5.41) is 2.13. The molecule has 9 rings (SSSR count). The van der Waals surface area contributed by atoms with E-state index in [-0.39, 0.29) is 20.1 Å². The zero-order valence-electron chi connectivity index (χ0n) is 26.9. The van der Waals surface area contributed by atoms with Gasteiger partial charge in [-0.2, -0.15) is 0 Å². The number of fused-ring (bicyclic) bond motifs is 4. The minimum Gasteiger partial charge on any atom is -0.501 e. The van der Waals surface area contributed by atoms with E-state index in [9.17, 15) is 0 Å². The molecule has 4 aromatic heterocycles. The van der Waals surface area contributed by atoms with Crippen LogP contribution in [0.2, 0.25) is 0 Å². The first-order valence-corrected chi connectivity index (χ1v) is 15.9. The molecule has 4 heterocycles. The number of imidazole rings is 1. The van der Waals surface area contributed by atoms with Gasteiger partial charge in [0.25, 0.3) is 0 Å². The van der Waals surface area contributed by atoms with Crippen LogP contribution in [0.3, 0.4) is 0 Å². The van der Waals surface area contributed by atoms with Crippen molar-refractivity contribution in [3.8, 4) is 39.5 Å². The molecule has 0 fully saturated rings. The molecule has 0 saturated carbocycles. The minimum absolute atomic E-state index is 0. The van der Waals surface area contributed by atoms with Gasteiger partial charge >= 0.3 is 0 Å². The molecule has 0 aliphatic rings. The van der Waals surface area contributed by atoms with Crippen molar-refractivity contribution >= 4 is 33.0 Å². The van der Waals surface area contributed by atoms with Crippen LogP contribution in [-0.4, -0.2) is 19.5 Å². The fourth-order valence-electron chi connectivity index (χ4n) is 6.18. The van der Waals surface area contributed by atoms with Crippen LogP contribution in [0.4, 0.5) is 0 Å². The third-order valence-corrected chi connectivity index (χ3v) is 8.37. The van der Waals surface area contributed by atoms with E-state index >= 15 is 0 Å². The fourth-order valence-corrected chi connectivity index (χ4v) is 6.18. The van der Waals surface area contributed by atoms with Crippen LogP contribution in [0.25, 0.3) is 72.4 Å². The molecule has 0 unspecified atom stereocenters. The molecule has 239 valence electrons. The summed E-state index contributed by atoms with van der Waals surface area (Å²) in [6, 6.07) is 53.5. The zero-order valence-corrected chi connectivity index (χ0v) is 29.3. The van der Waals surface area contributed by atoms with Gasteiger partial charge in [-0.05, 0) is 61.0 Å². The molecular formula is C43H30IrN4O-2. The van der Waals surface area contributed by atoms with Crippen molar-refractivity contribution in [3.05, 3.63) is 169 Å². The van der Waals surface area contributed by atoms with E-state index in [1.165, 1.54) is 0 Å². The van der Waals surface area contributed by atoms with Crippen LogP contribution >= 0.6 is 0 Å². The summed E-state index contributed by atoms with van der Waals surface area (Å²) in [6.07, 6.45) is 1.79. The largest absolute Gasteiger partial charge is 0.501 e. The number of para-hydroxylation sites is 1. The number of furan rings is 1. The monoisotopic (exact) mass is 811 g/mol. The van der Waals surface area contributed by atoms with Gasteiger partial charge in [-0.3, -0.25) is 9.97 Å². The van der Waals surface area contributed by atoms with E-state index in [0.29, 0.717) is 0 Å². The van der Waals surface area contributed by atoms with Crippen molar-refractivity contribution in [1.29, 1.82) is 0 Å². The number of rotatable bonds is 4. The topological polar surface area (TPSA) is 56.7 Å². The van der Waals surface area contributed by atoms with Crippen LogP contribution in [0.1, 0.15) is 11.4 Å². The van der Waals surface area contributed by atoms with Crippen LogP contribution in [0, 0.1) is 26.0 Å². The van der Waals surface area contributed by atoms with Crippen molar-refractivity contribution < 1.29 is 24.5 Å². The number of hydrogen-bond acceptors (Lipinski definition) is 4. The van der Waals surface area contributed by atoms with Crippen molar-refractivity contribution in [2.75, 3.05) is 0 Å². The van der Waals surface area contributed by atoms with Crippen LogP contribution in [-0.2, 0) is 20.1 Å². The van der Waals surface area contributed by atoms with E-state index in [0.717, 1.165) is 83.8 Å². The Kier molecular flexibility index (Phi) is 8.99. The van der Waals surface area contributed by atoms with Crippen molar-refractivity contribution in [2.45, 2.75) is 13.8 Å². The summed E-state index contributed by atoms with van der Waals surface area (Å²) in [7, 11) is 0. The second-order valence-electron chi connectivity index (χ2n) is 11.6. The summed E-state index contributed by atoms with van der Waals surface area (Å²) >= 11 is 0. The smallest absolute Gasteiger partial charge is 0.121 e. The molecule has 0 N–H and O–H groups in total. The molecule has 0 aliphatic heterocycles. The van der Waals surface area contributed by atoms with E-state index < -0.39 is 0 Å². The molecule has 0 saturated heterocycles. The maximum Gasteiger partial charge on any atom is 0.121 e. The van der Waals surface area contributed by atoms with Crippen LogP contribution in [0.15, 0.2) is 150 Å². The maximum absolute atomic E-state index is 6.54. The Morgan fingerprint density at radius 2 is 1.43 bits per heavy atom. The first kappa shape index (κ1) is 31.9. The number of nitrogens with zero attached hydrogens (tertiary/aromatic N) is 4. The van der Waals surface area contributed by atoms with Gasteiger partial charge in [0.15, 0.2) is 0 Å². The van der Waals surface area contributed by atoms with Gasteiger partial charge in [-0.25, -0.2) is 0 Å². The van der Waals surface area contributed by atoms with Crippen molar-refractivity contribution in [2.24, 2.45) is 0 Å². The molecule has 0 amide bonds. The Morgan fingerprint density at radius 1 is 0.653 bits per heavy atom. The molecule has 49 heavy (non-hydrogen) atoms. The SMILES string of the molecule is Cc1cc2c(nc(-c3[c-]ccc4c3oc3cc(-c5ccccc5)ccc34)n2-c2ccccc2)c(C)n1.[Ir].[c-]1ccccc1-c1ccccn1. The molecule has 1 radical (unpaired) electrons. The predicted octanol–water partition coefficient (Wildman–Crippen LogP) is 10.6. The summed E-state index contributed by atoms with van der Waals surface area (Å²) in [5.41, 5.74) is 11.6. The second kappa shape index (κ2) is 13.8. The van der Waals surface area contributed by atoms with Crippen molar-refractivity contribution in [3.63, 3.8) is 0 Å². The second-order valence-corrected chi connectivity index (χ2v) is 11.6. The van der Waals surface area contributed by atoms with Crippen molar-refractivity contribution in [1.82, 2.24) is 19.5 Å². The average molecular weight is 811 g/mol. The molecule has 0 bridgehead atoms. The Morgan fingerprint density at radius 3 is 2.18 bits per heavy atom. The van der Waals surface area contributed by atoms with Gasteiger partial charge in [0, 0.05) is 43.1 Å². The number of pyridine rings is 2. The maximum atomic E-state index is 6.54. The summed E-state index contributed by atoms with van der Waals surface area (Å²) in [5.74, 6) is 0.791. The molecule has 5 aromatic carbocycles. The van der Waals surface area contributed by atoms with Gasteiger partial charge in [0.2, 0.25) is 0 Å². The fraction of sp³-hybridized carbons (Fsp3) is 0.0465. The van der Waals surface area contributed by atoms with E-state index in [4.69, 9.17) is 9.40 Å². The van der Waals surface area contributed by atoms with Gasteiger partial charge < -0.3 is 14.0 Å². The normalized spacial score (nSPS) is 10.9. The summed E-state index contributed by atoms with van der Waals surface area (Å²) in [6.45, 7) is 4.03. The Bertz CT molecular complexity index is 2470. The molecular weight excluding hydrogens is 781 g/mol. The van der Waals surface area contributed by atoms with Crippen LogP contribution in [0.5, 0.6) is 0 Å². The third-order valence-electron chi connectivity index (χ3n) is 8.37. The quantitative estimate of drug-likeness (QED) is 0.166. The van der Waals surface area contributed by atoms with E-state index in [1.807, 2.05) is 86.6 Å². The number of aryl methyl sites for hydroxylation is 2. The Hall–Kier alpha value is -5.68. The molecule has 9 aromatic rings. The van der Waals surface area contributed by atoms with Gasteiger partial charge in [0.1, 0.15) is 5.58 Å². The zero-order chi connectivity index (χ0) is 32.5. The first-order chi connectivity index (χ1) is 23.6. The Balaban J connectivity index is 0.000000246. The van der Waals surface area contributed by atoms with Gasteiger partial charge in [-0.15, -0.1) is 54.1 Å². The molecule has 0 aliphatic carbocycles. The van der Waals surface area contributed by atoms with Crippen LogP contribution < -0.4 is 0 Å². The van der Waals surface area contributed by atoms with E-state index in [2.05, 4.69) is 93.4 Å². The summed E-state index contributed by atoms with van der Waals surface area (Å²) < 4.78 is 8.73. The Labute approximate surface area is 298 Å². The van der Waals surface area contributed by atoms with E-state index in [1.54, 1.807) is 6.20 Å².